The first-order valence-corrected chi connectivity index (χ1v) is 4.58. The number of amides is 2. The number of hydrogen-bond donors (Lipinski definition) is 3. The van der Waals surface area contributed by atoms with Gasteiger partial charge >= 0.3 is 6.03 Å². The number of urea groups is 1. The van der Waals surface area contributed by atoms with Crippen LogP contribution in [0.2, 0.25) is 0 Å². The van der Waals surface area contributed by atoms with E-state index < -0.39 is 11.7 Å². The molecule has 0 spiro atoms. The van der Waals surface area contributed by atoms with E-state index in [1.165, 1.54) is 13.1 Å². The van der Waals surface area contributed by atoms with Crippen molar-refractivity contribution in [1.29, 1.82) is 0 Å². The van der Waals surface area contributed by atoms with Crippen LogP contribution in [0.15, 0.2) is 11.8 Å². The van der Waals surface area contributed by atoms with Gasteiger partial charge in [-0.3, -0.25) is 10.5 Å². The van der Waals surface area contributed by atoms with Gasteiger partial charge in [0, 0.05) is 6.20 Å². The first-order chi connectivity index (χ1) is 6.50. The first kappa shape index (κ1) is 10.7. The van der Waals surface area contributed by atoms with Gasteiger partial charge in [-0.05, 0) is 18.9 Å². The van der Waals surface area contributed by atoms with Crippen LogP contribution in [-0.2, 0) is 4.79 Å². The maximum Gasteiger partial charge on any atom is 0.320 e. The molecule has 0 bridgehead atoms. The van der Waals surface area contributed by atoms with E-state index >= 15 is 0 Å². The van der Waals surface area contributed by atoms with Crippen LogP contribution in [0.1, 0.15) is 26.7 Å². The van der Waals surface area contributed by atoms with Gasteiger partial charge in [0.1, 0.15) is 0 Å². The second-order valence-electron chi connectivity index (χ2n) is 3.38. The lowest BCUT2D eigenvalue weighted by atomic mass is 9.92. The molecular formula is C9H15N3O2. The molecule has 2 amide bonds. The number of Topliss-reactive ketones (excluding diaryl/α,β-unsaturated/α-hetero) is 1. The van der Waals surface area contributed by atoms with Gasteiger partial charge in [-0.1, -0.05) is 13.3 Å². The van der Waals surface area contributed by atoms with E-state index in [0.29, 0.717) is 12.0 Å². The summed E-state index contributed by atoms with van der Waals surface area (Å²) < 4.78 is 0. The number of ketones is 1. The van der Waals surface area contributed by atoms with Crippen molar-refractivity contribution in [2.75, 3.05) is 0 Å². The zero-order valence-electron chi connectivity index (χ0n) is 8.39. The quantitative estimate of drug-likeness (QED) is 0.605. The first-order valence-electron chi connectivity index (χ1n) is 4.58. The Morgan fingerprint density at radius 1 is 1.64 bits per heavy atom. The summed E-state index contributed by atoms with van der Waals surface area (Å²) in [6.45, 7) is 3.35. The molecular weight excluding hydrogens is 182 g/mol. The second kappa shape index (κ2) is 3.79. The van der Waals surface area contributed by atoms with Crippen molar-refractivity contribution in [2.24, 2.45) is 5.73 Å². The van der Waals surface area contributed by atoms with Gasteiger partial charge in [-0.25, -0.2) is 4.79 Å². The Labute approximate surface area is 82.7 Å². The SMILES string of the molecule is CCCC1=CNC(=O)NC1(N)C(C)=O. The fourth-order valence-corrected chi connectivity index (χ4v) is 1.41. The Balaban J connectivity index is 2.99. The summed E-state index contributed by atoms with van der Waals surface area (Å²) in [7, 11) is 0. The van der Waals surface area contributed by atoms with E-state index in [4.69, 9.17) is 5.73 Å². The molecule has 0 aromatic carbocycles. The summed E-state index contributed by atoms with van der Waals surface area (Å²) in [5.41, 5.74) is 5.23. The lowest BCUT2D eigenvalue weighted by molar-refractivity contribution is -0.121. The Bertz CT molecular complexity index is 298. The van der Waals surface area contributed by atoms with E-state index in [2.05, 4.69) is 10.6 Å². The Hall–Kier alpha value is -1.36. The summed E-state index contributed by atoms with van der Waals surface area (Å²) in [6, 6.07) is -0.442. The fourth-order valence-electron chi connectivity index (χ4n) is 1.41. The molecule has 1 rings (SSSR count). The largest absolute Gasteiger partial charge is 0.320 e. The van der Waals surface area contributed by atoms with Crippen LogP contribution >= 0.6 is 0 Å². The topological polar surface area (TPSA) is 84.2 Å². The predicted octanol–water partition coefficient (Wildman–Crippen LogP) is 0.227. The van der Waals surface area contributed by atoms with Gasteiger partial charge in [-0.2, -0.15) is 0 Å². The minimum Gasteiger partial charge on any atom is -0.315 e. The molecule has 0 fully saturated rings. The van der Waals surface area contributed by atoms with Gasteiger partial charge in [-0.15, -0.1) is 0 Å². The lowest BCUT2D eigenvalue weighted by Gasteiger charge is -2.33. The van der Waals surface area contributed by atoms with Gasteiger partial charge in [0.25, 0.3) is 0 Å². The predicted molar refractivity (Wildman–Crippen MR) is 52.3 cm³/mol. The van der Waals surface area contributed by atoms with E-state index in [9.17, 15) is 9.59 Å². The number of nitrogens with two attached hydrogens (primary N) is 1. The highest BCUT2D eigenvalue weighted by molar-refractivity contribution is 5.95. The summed E-state index contributed by atoms with van der Waals surface area (Å²) in [5.74, 6) is -0.257. The molecule has 14 heavy (non-hydrogen) atoms. The standard InChI is InChI=1S/C9H15N3O2/c1-3-4-7-5-11-8(14)12-9(7,10)6(2)13/h5H,3-4,10H2,1-2H3,(H2,11,12,14). The molecule has 5 nitrogen and oxygen atoms in total. The average Bonchev–Trinajstić information content (AvgIpc) is 2.10. The van der Waals surface area contributed by atoms with Gasteiger partial charge in [0.2, 0.25) is 0 Å². The number of carbonyl (C=O) groups is 2. The highest BCUT2D eigenvalue weighted by Crippen LogP contribution is 2.19. The number of nitrogens with one attached hydrogen (secondary N) is 2. The molecule has 1 unspecified atom stereocenters. The van der Waals surface area contributed by atoms with Crippen molar-refractivity contribution in [3.63, 3.8) is 0 Å². The fraction of sp³-hybridized carbons (Fsp3) is 0.556. The molecule has 1 aliphatic heterocycles. The third kappa shape index (κ3) is 1.77. The van der Waals surface area contributed by atoms with Gasteiger partial charge in [0.05, 0.1) is 0 Å². The molecule has 1 heterocycles. The minimum atomic E-state index is -1.32. The van der Waals surface area contributed by atoms with E-state index in [0.717, 1.165) is 6.42 Å². The van der Waals surface area contributed by atoms with E-state index in [1.807, 2.05) is 6.92 Å². The van der Waals surface area contributed by atoms with Crippen LogP contribution in [0.3, 0.4) is 0 Å². The van der Waals surface area contributed by atoms with E-state index in [1.54, 1.807) is 0 Å². The summed E-state index contributed by atoms with van der Waals surface area (Å²) in [6.07, 6.45) is 3.07. The Morgan fingerprint density at radius 3 is 2.79 bits per heavy atom. The smallest absolute Gasteiger partial charge is 0.315 e. The molecule has 4 N–H and O–H groups in total. The van der Waals surface area contributed by atoms with Crippen molar-refractivity contribution in [3.05, 3.63) is 11.8 Å². The second-order valence-corrected chi connectivity index (χ2v) is 3.38. The van der Waals surface area contributed by atoms with Crippen LogP contribution < -0.4 is 16.4 Å². The monoisotopic (exact) mass is 197 g/mol. The highest BCUT2D eigenvalue weighted by atomic mass is 16.2. The molecule has 1 atom stereocenters. The van der Waals surface area contributed by atoms with Crippen molar-refractivity contribution >= 4 is 11.8 Å². The molecule has 0 saturated heterocycles. The molecule has 0 aromatic heterocycles. The van der Waals surface area contributed by atoms with Gasteiger partial charge in [0.15, 0.2) is 11.4 Å². The summed E-state index contributed by atoms with van der Waals surface area (Å²) >= 11 is 0. The van der Waals surface area contributed by atoms with Crippen LogP contribution in [0.5, 0.6) is 0 Å². The zero-order valence-corrected chi connectivity index (χ0v) is 8.39. The molecule has 78 valence electrons. The third-order valence-electron chi connectivity index (χ3n) is 2.27. The Morgan fingerprint density at radius 2 is 2.29 bits per heavy atom. The van der Waals surface area contributed by atoms with Crippen LogP contribution in [0.4, 0.5) is 4.79 Å². The molecule has 0 radical (unpaired) electrons. The van der Waals surface area contributed by atoms with Crippen LogP contribution in [-0.4, -0.2) is 17.5 Å². The Kier molecular flexibility index (Phi) is 2.90. The molecule has 0 aromatic rings. The van der Waals surface area contributed by atoms with Crippen molar-refractivity contribution in [3.8, 4) is 0 Å². The number of hydrogen-bond acceptors (Lipinski definition) is 3. The molecule has 1 aliphatic rings. The maximum atomic E-state index is 11.3. The van der Waals surface area contributed by atoms with E-state index in [-0.39, 0.29) is 5.78 Å². The summed E-state index contributed by atoms with van der Waals surface area (Å²) in [5, 5.41) is 4.92. The summed E-state index contributed by atoms with van der Waals surface area (Å²) in [4.78, 5) is 22.4. The van der Waals surface area contributed by atoms with Crippen molar-refractivity contribution in [1.82, 2.24) is 10.6 Å². The van der Waals surface area contributed by atoms with Gasteiger partial charge < -0.3 is 10.6 Å². The normalized spacial score (nSPS) is 26.2. The molecule has 0 aliphatic carbocycles. The van der Waals surface area contributed by atoms with Crippen LogP contribution in [0, 0.1) is 0 Å². The molecule has 0 saturated carbocycles. The highest BCUT2D eigenvalue weighted by Gasteiger charge is 2.38. The van der Waals surface area contributed by atoms with Crippen LogP contribution in [0.25, 0.3) is 0 Å². The number of rotatable bonds is 3. The zero-order chi connectivity index (χ0) is 10.8. The lowest BCUT2D eigenvalue weighted by Crippen LogP contribution is -2.66. The van der Waals surface area contributed by atoms with Crippen molar-refractivity contribution < 1.29 is 9.59 Å². The molecule has 5 heteroatoms. The van der Waals surface area contributed by atoms with Crippen molar-refractivity contribution in [2.45, 2.75) is 32.4 Å². The maximum absolute atomic E-state index is 11.3. The number of carbonyl (C=O) groups excluding carboxylic acids is 2. The average molecular weight is 197 g/mol. The third-order valence-corrected chi connectivity index (χ3v) is 2.27. The minimum absolute atomic E-state index is 0.257.